The number of H-pyrrole nitrogens is 1. The molecule has 4 aliphatic rings. The number of imidazole rings is 1. The lowest BCUT2D eigenvalue weighted by molar-refractivity contribution is -0.110. The van der Waals surface area contributed by atoms with E-state index in [2.05, 4.69) is 58.9 Å². The van der Waals surface area contributed by atoms with E-state index < -0.39 is 21.7 Å². The molecule has 1 heterocycles. The van der Waals surface area contributed by atoms with Crippen molar-refractivity contribution in [3.63, 3.8) is 0 Å². The molecule has 4 aliphatic carbocycles. The van der Waals surface area contributed by atoms with Crippen molar-refractivity contribution in [1.82, 2.24) is 15.3 Å². The lowest BCUT2D eigenvalue weighted by atomic mass is 9.69. The van der Waals surface area contributed by atoms with Gasteiger partial charge in [-0.3, -0.25) is 4.79 Å². The van der Waals surface area contributed by atoms with Crippen molar-refractivity contribution in [1.29, 1.82) is 0 Å². The van der Waals surface area contributed by atoms with Gasteiger partial charge in [-0.1, -0.05) is 51.0 Å². The fourth-order valence-corrected chi connectivity index (χ4v) is 9.11. The third kappa shape index (κ3) is 8.05. The van der Waals surface area contributed by atoms with Crippen LogP contribution in [0.15, 0.2) is 53.4 Å². The van der Waals surface area contributed by atoms with Crippen molar-refractivity contribution in [2.24, 2.45) is 23.0 Å². The van der Waals surface area contributed by atoms with Gasteiger partial charge in [0.05, 0.1) is 19.0 Å². The summed E-state index contributed by atoms with van der Waals surface area (Å²) in [4.78, 5) is 28.8. The van der Waals surface area contributed by atoms with Gasteiger partial charge < -0.3 is 25.0 Å². The van der Waals surface area contributed by atoms with E-state index in [1.165, 1.54) is 13.2 Å². The maximum Gasteiger partial charge on any atom is 0.534 e. The number of hydrogen-bond acceptors (Lipinski definition) is 7. The van der Waals surface area contributed by atoms with Crippen LogP contribution in [0.1, 0.15) is 108 Å². The van der Waals surface area contributed by atoms with Crippen molar-refractivity contribution >= 4 is 22.6 Å². The minimum atomic E-state index is -5.74. The quantitative estimate of drug-likeness (QED) is 0.129. The molecular formula is C36H47F3N4O6S. The molecule has 0 aliphatic heterocycles. The van der Waals surface area contributed by atoms with E-state index >= 15 is 0 Å². The first kappa shape index (κ1) is 37.4. The van der Waals surface area contributed by atoms with E-state index in [9.17, 15) is 31.2 Å². The zero-order valence-corrected chi connectivity index (χ0v) is 29.5. The van der Waals surface area contributed by atoms with E-state index in [1.54, 1.807) is 0 Å². The highest BCUT2D eigenvalue weighted by Gasteiger charge is 2.52. The highest BCUT2D eigenvalue weighted by molar-refractivity contribution is 7.87. The predicted octanol–water partition coefficient (Wildman–Crippen LogP) is 7.72. The summed E-state index contributed by atoms with van der Waals surface area (Å²) in [6.45, 7) is 4.44. The van der Waals surface area contributed by atoms with Crippen LogP contribution in [0.25, 0.3) is 11.3 Å². The molecule has 1 aromatic heterocycles. The summed E-state index contributed by atoms with van der Waals surface area (Å²) in [5.41, 5.74) is 3.53. The largest absolute Gasteiger partial charge is 0.534 e. The molecule has 4 unspecified atom stereocenters. The lowest BCUT2D eigenvalue weighted by Crippen LogP contribution is -2.27. The van der Waals surface area contributed by atoms with Crippen molar-refractivity contribution in [2.75, 3.05) is 7.11 Å². The van der Waals surface area contributed by atoms with Crippen LogP contribution in [-0.2, 0) is 23.8 Å². The molecule has 2 fully saturated rings. The van der Waals surface area contributed by atoms with E-state index in [0.29, 0.717) is 30.3 Å². The number of amides is 2. The Hall–Kier alpha value is -3.81. The van der Waals surface area contributed by atoms with Crippen LogP contribution in [0.3, 0.4) is 0 Å². The normalized spacial score (nSPS) is 23.6. The summed E-state index contributed by atoms with van der Waals surface area (Å²) in [7, 11) is -4.52. The van der Waals surface area contributed by atoms with Crippen LogP contribution in [0.5, 0.6) is 0 Å². The standard InChI is InChI=1S/C34H42F3N3O4S.C2H5NO2/c1-21(2)17-28(24-9-10-25(18-24)39-20-41)32-38-19-29(40-32)23-7-5-22(6-8-23)26-11-12-30(44-45(42,43)34(35,36)37)27-13-16-33(31(26)27)14-3-4-15-33;1-5-2(3)4/h5-8,12,19-21,24-26,28H,3-4,9-11,13-18H2,1-2H3,(H,38,40)(H,39,41);1H3,(H2,3,4). The number of primary amides is 1. The average Bonchev–Trinajstić information content (AvgIpc) is 3.89. The second kappa shape index (κ2) is 15.2. The molecule has 1 aromatic carbocycles. The fourth-order valence-electron chi connectivity index (χ4n) is 8.61. The monoisotopic (exact) mass is 720 g/mol. The average molecular weight is 721 g/mol. The van der Waals surface area contributed by atoms with Crippen molar-refractivity contribution in [3.05, 3.63) is 64.8 Å². The van der Waals surface area contributed by atoms with Crippen LogP contribution >= 0.6 is 0 Å². The number of hydrogen-bond donors (Lipinski definition) is 3. The van der Waals surface area contributed by atoms with Gasteiger partial charge >= 0.3 is 21.7 Å². The maximum absolute atomic E-state index is 13.2. The molecule has 50 heavy (non-hydrogen) atoms. The smallest absolute Gasteiger partial charge is 0.453 e. The number of nitrogens with two attached hydrogens (primary N) is 1. The molecule has 0 saturated heterocycles. The van der Waals surface area contributed by atoms with Crippen LogP contribution in [-0.4, -0.2) is 49.5 Å². The third-order valence-electron chi connectivity index (χ3n) is 10.8. The number of alkyl halides is 3. The Morgan fingerprint density at radius 2 is 1.84 bits per heavy atom. The van der Waals surface area contributed by atoms with Crippen LogP contribution < -0.4 is 11.1 Å². The van der Waals surface area contributed by atoms with Gasteiger partial charge in [0.1, 0.15) is 11.6 Å². The number of ether oxygens (including phenoxy) is 1. The van der Waals surface area contributed by atoms with Gasteiger partial charge in [0, 0.05) is 17.9 Å². The Balaban J connectivity index is 0.000000908. The first-order chi connectivity index (χ1) is 23.7. The summed E-state index contributed by atoms with van der Waals surface area (Å²) in [6.07, 6.45) is 13.2. The van der Waals surface area contributed by atoms with Gasteiger partial charge in [-0.2, -0.15) is 21.6 Å². The lowest BCUT2D eigenvalue weighted by Gasteiger charge is -2.35. The number of halogens is 3. The maximum atomic E-state index is 13.2. The minimum absolute atomic E-state index is 0.0429. The van der Waals surface area contributed by atoms with Gasteiger partial charge in [-0.15, -0.1) is 0 Å². The Morgan fingerprint density at radius 1 is 1.16 bits per heavy atom. The molecular weight excluding hydrogens is 673 g/mol. The first-order valence-electron chi connectivity index (χ1n) is 17.3. The van der Waals surface area contributed by atoms with E-state index in [4.69, 9.17) is 9.17 Å². The second-order valence-electron chi connectivity index (χ2n) is 14.3. The van der Waals surface area contributed by atoms with Gasteiger partial charge in [0.2, 0.25) is 6.41 Å². The topological polar surface area (TPSA) is 153 Å². The molecule has 14 heteroatoms. The number of nitrogens with one attached hydrogen (secondary N) is 2. The van der Waals surface area contributed by atoms with Crippen LogP contribution in [0.4, 0.5) is 18.0 Å². The molecule has 2 saturated carbocycles. The molecule has 6 rings (SSSR count). The van der Waals surface area contributed by atoms with E-state index in [1.807, 2.05) is 6.20 Å². The molecule has 2 amide bonds. The van der Waals surface area contributed by atoms with Gasteiger partial charge in [0.25, 0.3) is 0 Å². The van der Waals surface area contributed by atoms with Gasteiger partial charge in [-0.25, -0.2) is 9.78 Å². The Kier molecular flexibility index (Phi) is 11.4. The van der Waals surface area contributed by atoms with Crippen molar-refractivity contribution in [3.8, 4) is 11.3 Å². The number of fused-ring (bicyclic) bond motifs is 1. The minimum Gasteiger partial charge on any atom is -0.453 e. The van der Waals surface area contributed by atoms with E-state index in [-0.39, 0.29) is 29.1 Å². The molecule has 4 N–H and O–H groups in total. The highest BCUT2D eigenvalue weighted by atomic mass is 32.2. The third-order valence-corrected chi connectivity index (χ3v) is 11.8. The summed E-state index contributed by atoms with van der Waals surface area (Å²) in [5, 5.41) is 2.95. The number of allylic oxidation sites excluding steroid dienone is 3. The summed E-state index contributed by atoms with van der Waals surface area (Å²) >= 11 is 0. The molecule has 274 valence electrons. The van der Waals surface area contributed by atoms with Gasteiger partial charge in [-0.05, 0) is 103 Å². The molecule has 10 nitrogen and oxygen atoms in total. The molecule has 0 radical (unpaired) electrons. The summed E-state index contributed by atoms with van der Waals surface area (Å²) in [6, 6.07) is 8.50. The van der Waals surface area contributed by atoms with Gasteiger partial charge in [0.15, 0.2) is 0 Å². The van der Waals surface area contributed by atoms with E-state index in [0.717, 1.165) is 92.4 Å². The van der Waals surface area contributed by atoms with Crippen LogP contribution in [0.2, 0.25) is 0 Å². The first-order valence-corrected chi connectivity index (χ1v) is 18.7. The molecule has 1 spiro atoms. The molecule has 0 bridgehead atoms. The second-order valence-corrected chi connectivity index (χ2v) is 15.9. The number of aromatic amines is 1. The number of carbonyl (C=O) groups excluding carboxylic acids is 2. The number of benzene rings is 1. The zero-order chi connectivity index (χ0) is 36.3. The Labute approximate surface area is 291 Å². The fraction of sp³-hybridized carbons (Fsp3) is 0.583. The molecule has 2 aromatic rings. The number of nitrogens with zero attached hydrogens (tertiary/aromatic N) is 1. The number of methoxy groups -OCH3 is 1. The summed E-state index contributed by atoms with van der Waals surface area (Å²) < 4.78 is 72.1. The van der Waals surface area contributed by atoms with Crippen molar-refractivity contribution in [2.45, 2.75) is 108 Å². The van der Waals surface area contributed by atoms with Crippen LogP contribution in [0, 0.1) is 17.3 Å². The SMILES string of the molecule is CC(C)CC(c1ncc(-c2ccc(C3CC=C(OS(=O)(=O)C(F)(F)F)C4=C3C3(CCCC3)CC4)cc2)[nH]1)C1CCC(NC=O)C1.COC(N)=O. The van der Waals surface area contributed by atoms with Crippen molar-refractivity contribution < 1.29 is 40.1 Å². The zero-order valence-electron chi connectivity index (χ0n) is 28.7. The Morgan fingerprint density at radius 3 is 2.44 bits per heavy atom. The predicted molar refractivity (Wildman–Crippen MR) is 182 cm³/mol. The molecule has 4 atom stereocenters. The Bertz CT molecular complexity index is 1690. The number of aromatic nitrogens is 2. The highest BCUT2D eigenvalue weighted by Crippen LogP contribution is 2.61. The number of carbonyl (C=O) groups is 2. The number of rotatable bonds is 10. The summed E-state index contributed by atoms with van der Waals surface area (Å²) in [5.74, 6) is 2.01.